The van der Waals surface area contributed by atoms with E-state index in [1.54, 1.807) is 0 Å². The van der Waals surface area contributed by atoms with Crippen LogP contribution >= 0.6 is 0 Å². The number of fused-ring (bicyclic) bond motifs is 2. The molecule has 1 amide bonds. The lowest BCUT2D eigenvalue weighted by molar-refractivity contribution is -0.141. The summed E-state index contributed by atoms with van der Waals surface area (Å²) in [5, 5.41) is 0. The number of hydrogen-bond acceptors (Lipinski definition) is 4. The van der Waals surface area contributed by atoms with Crippen LogP contribution in [0.25, 0.3) is 0 Å². The summed E-state index contributed by atoms with van der Waals surface area (Å²) in [5.41, 5.74) is -1.73. The largest absolute Gasteiger partial charge is 0.299 e. The van der Waals surface area contributed by atoms with Crippen LogP contribution in [-0.2, 0) is 19.6 Å². The van der Waals surface area contributed by atoms with Gasteiger partial charge < -0.3 is 0 Å². The number of ketones is 1. The summed E-state index contributed by atoms with van der Waals surface area (Å²) in [7, 11) is -3.85. The van der Waals surface area contributed by atoms with Gasteiger partial charge in [-0.1, -0.05) is 34.6 Å². The third-order valence-corrected chi connectivity index (χ3v) is 9.38. The van der Waals surface area contributed by atoms with Crippen molar-refractivity contribution in [2.45, 2.75) is 73.1 Å². The fraction of sp³-hybridized carbons (Fsp3) is 0.900. The maximum atomic E-state index is 13.0. The van der Waals surface area contributed by atoms with Crippen molar-refractivity contribution in [3.8, 4) is 0 Å². The van der Waals surface area contributed by atoms with Crippen LogP contribution in [0.3, 0.4) is 0 Å². The third kappa shape index (κ3) is 2.74. The number of carbonyl (C=O) groups excluding carboxylic acids is 2. The summed E-state index contributed by atoms with van der Waals surface area (Å²) in [4.78, 5) is 25.6. The number of sulfonamides is 1. The Morgan fingerprint density at radius 2 is 1.88 bits per heavy atom. The molecule has 3 fully saturated rings. The molecule has 3 aliphatic rings. The Kier molecular flexibility index (Phi) is 4.61. The zero-order chi connectivity index (χ0) is 19.5. The predicted molar refractivity (Wildman–Crippen MR) is 101 cm³/mol. The first-order valence-electron chi connectivity index (χ1n) is 9.94. The normalized spacial score (nSPS) is 38.5. The Bertz CT molecular complexity index is 726. The van der Waals surface area contributed by atoms with E-state index in [1.807, 2.05) is 20.8 Å². The quantitative estimate of drug-likeness (QED) is 0.763. The summed E-state index contributed by atoms with van der Waals surface area (Å²) in [6, 6.07) is 0. The average Bonchev–Trinajstić information content (AvgIpc) is 2.83. The highest BCUT2D eigenvalue weighted by molar-refractivity contribution is 7.90. The maximum absolute atomic E-state index is 13.0. The number of carbonyl (C=O) groups is 2. The van der Waals surface area contributed by atoms with Gasteiger partial charge in [0.05, 0.1) is 16.6 Å². The summed E-state index contributed by atoms with van der Waals surface area (Å²) >= 11 is 0. The topological polar surface area (TPSA) is 80.3 Å². The molecule has 0 heterocycles. The number of nitrogens with one attached hydrogen (secondary N) is 1. The second-order valence-electron chi connectivity index (χ2n) is 10.1. The molecule has 3 saturated carbocycles. The Balaban J connectivity index is 1.79. The molecule has 4 atom stereocenters. The molecule has 0 saturated heterocycles. The summed E-state index contributed by atoms with van der Waals surface area (Å²) < 4.78 is 28.2. The molecule has 0 aromatic heterocycles. The van der Waals surface area contributed by atoms with E-state index in [0.717, 1.165) is 19.3 Å². The molecule has 148 valence electrons. The molecule has 0 aliphatic heterocycles. The van der Waals surface area contributed by atoms with Gasteiger partial charge in [0.25, 0.3) is 0 Å². The van der Waals surface area contributed by atoms with Gasteiger partial charge in [0.1, 0.15) is 5.78 Å². The fourth-order valence-electron chi connectivity index (χ4n) is 5.95. The molecular formula is C20H33NO4S. The van der Waals surface area contributed by atoms with Crippen molar-refractivity contribution in [1.29, 1.82) is 0 Å². The van der Waals surface area contributed by atoms with Gasteiger partial charge in [0.15, 0.2) is 0 Å². The highest BCUT2D eigenvalue weighted by atomic mass is 32.2. The zero-order valence-electron chi connectivity index (χ0n) is 16.7. The van der Waals surface area contributed by atoms with Crippen LogP contribution in [0.5, 0.6) is 0 Å². The predicted octanol–water partition coefficient (Wildman–Crippen LogP) is 3.29. The van der Waals surface area contributed by atoms with Crippen LogP contribution in [0.4, 0.5) is 0 Å². The molecule has 5 nitrogen and oxygen atoms in total. The Morgan fingerprint density at radius 3 is 2.27 bits per heavy atom. The third-order valence-electron chi connectivity index (χ3n) is 8.02. The van der Waals surface area contributed by atoms with E-state index < -0.39 is 20.9 Å². The van der Waals surface area contributed by atoms with Gasteiger partial charge in [-0.3, -0.25) is 14.3 Å². The summed E-state index contributed by atoms with van der Waals surface area (Å²) in [6.45, 7) is 10.2. The van der Waals surface area contributed by atoms with E-state index in [4.69, 9.17) is 0 Å². The molecule has 4 unspecified atom stereocenters. The monoisotopic (exact) mass is 383 g/mol. The second kappa shape index (κ2) is 6.05. The van der Waals surface area contributed by atoms with Crippen LogP contribution < -0.4 is 4.72 Å². The molecular weight excluding hydrogens is 350 g/mol. The highest BCUT2D eigenvalue weighted by Crippen LogP contribution is 2.64. The van der Waals surface area contributed by atoms with E-state index >= 15 is 0 Å². The molecule has 0 aromatic rings. The van der Waals surface area contributed by atoms with Crippen LogP contribution in [0, 0.1) is 34.0 Å². The number of Topliss-reactive ketones (excluding diaryl/α,β-unsaturated/α-hetero) is 1. The Morgan fingerprint density at radius 1 is 1.23 bits per heavy atom. The number of hydrogen-bond donors (Lipinski definition) is 1. The second-order valence-corrected chi connectivity index (χ2v) is 11.8. The van der Waals surface area contributed by atoms with Gasteiger partial charge in [-0.25, -0.2) is 8.42 Å². The summed E-state index contributed by atoms with van der Waals surface area (Å²) in [5.74, 6) is 0.235. The first kappa shape index (κ1) is 19.8. The molecule has 3 rings (SSSR count). The SMILES string of the molecule is CC(C)CC1(C(=O)NS(=O)(=O)CC23CCC(CC2=O)C3(C)C)CCC1C. The van der Waals surface area contributed by atoms with Crippen molar-refractivity contribution in [1.82, 2.24) is 4.72 Å². The van der Waals surface area contributed by atoms with Crippen LogP contribution in [0.15, 0.2) is 0 Å². The van der Waals surface area contributed by atoms with Crippen LogP contribution in [0.2, 0.25) is 0 Å². The van der Waals surface area contributed by atoms with Gasteiger partial charge in [0.2, 0.25) is 15.9 Å². The van der Waals surface area contributed by atoms with Gasteiger partial charge in [0, 0.05) is 6.42 Å². The van der Waals surface area contributed by atoms with Crippen LogP contribution in [-0.4, -0.2) is 25.9 Å². The fourth-order valence-corrected chi connectivity index (χ4v) is 7.84. The minimum Gasteiger partial charge on any atom is -0.299 e. The van der Waals surface area contributed by atoms with Crippen molar-refractivity contribution in [3.05, 3.63) is 0 Å². The van der Waals surface area contributed by atoms with Gasteiger partial charge >= 0.3 is 0 Å². The molecule has 3 aliphatic carbocycles. The van der Waals surface area contributed by atoms with Crippen molar-refractivity contribution >= 4 is 21.7 Å². The molecule has 0 aromatic carbocycles. The zero-order valence-corrected chi connectivity index (χ0v) is 17.5. The van der Waals surface area contributed by atoms with E-state index in [2.05, 4.69) is 18.6 Å². The standard InChI is InChI=1S/C20H33NO4S/c1-13(2)11-19(8-6-14(19)3)17(23)21-26(24,25)12-20-9-7-15(10-16(20)22)18(20,4)5/h13-15H,6-12H2,1-5H3,(H,21,23). The molecule has 6 heteroatoms. The van der Waals surface area contributed by atoms with E-state index in [1.165, 1.54) is 0 Å². The number of amides is 1. The first-order valence-corrected chi connectivity index (χ1v) is 11.6. The molecule has 2 bridgehead atoms. The lowest BCUT2D eigenvalue weighted by Gasteiger charge is -2.47. The van der Waals surface area contributed by atoms with E-state index in [-0.39, 0.29) is 34.7 Å². The maximum Gasteiger partial charge on any atom is 0.239 e. The minimum absolute atomic E-state index is 0.0606. The smallest absolute Gasteiger partial charge is 0.239 e. The Hall–Kier alpha value is -0.910. The van der Waals surface area contributed by atoms with Crippen molar-refractivity contribution in [2.24, 2.45) is 34.0 Å². The van der Waals surface area contributed by atoms with Gasteiger partial charge in [-0.2, -0.15) is 0 Å². The molecule has 1 N–H and O–H groups in total. The molecule has 26 heavy (non-hydrogen) atoms. The highest BCUT2D eigenvalue weighted by Gasteiger charge is 2.65. The van der Waals surface area contributed by atoms with E-state index in [0.29, 0.717) is 25.2 Å². The van der Waals surface area contributed by atoms with Gasteiger partial charge in [-0.05, 0) is 55.3 Å². The van der Waals surface area contributed by atoms with E-state index in [9.17, 15) is 18.0 Å². The lowest BCUT2D eigenvalue weighted by Crippen LogP contribution is -2.55. The molecule has 0 spiro atoms. The first-order chi connectivity index (χ1) is 11.9. The lowest BCUT2D eigenvalue weighted by atomic mass is 9.57. The summed E-state index contributed by atoms with van der Waals surface area (Å²) in [6.07, 6.45) is 4.39. The van der Waals surface area contributed by atoms with Crippen molar-refractivity contribution in [3.63, 3.8) is 0 Å². The molecule has 0 radical (unpaired) electrons. The van der Waals surface area contributed by atoms with Crippen LogP contribution in [0.1, 0.15) is 73.1 Å². The Labute approximate surface area is 157 Å². The van der Waals surface area contributed by atoms with Crippen molar-refractivity contribution in [2.75, 3.05) is 5.75 Å². The van der Waals surface area contributed by atoms with Crippen molar-refractivity contribution < 1.29 is 18.0 Å². The number of rotatable bonds is 6. The minimum atomic E-state index is -3.85. The average molecular weight is 384 g/mol. The van der Waals surface area contributed by atoms with Gasteiger partial charge in [-0.15, -0.1) is 0 Å².